The first-order chi connectivity index (χ1) is 9.65. The van der Waals surface area contributed by atoms with Gasteiger partial charge in [0, 0.05) is 19.2 Å². The number of hydrogen-bond acceptors (Lipinski definition) is 3. The van der Waals surface area contributed by atoms with Gasteiger partial charge in [-0.25, -0.2) is 0 Å². The van der Waals surface area contributed by atoms with E-state index in [1.54, 1.807) is 4.90 Å². The van der Waals surface area contributed by atoms with Crippen molar-refractivity contribution < 1.29 is 14.7 Å². The SMILES string of the molecule is O=C([O-])/C=C/C(=O)N1CCC(Cc2ccccc2)CC1. The molecule has 2 rings (SSSR count). The molecule has 1 aliphatic heterocycles. The molecule has 0 bridgehead atoms. The van der Waals surface area contributed by atoms with E-state index in [1.807, 2.05) is 18.2 Å². The summed E-state index contributed by atoms with van der Waals surface area (Å²) in [5, 5.41) is 10.3. The van der Waals surface area contributed by atoms with Gasteiger partial charge in [0.1, 0.15) is 0 Å². The third-order valence-corrected chi connectivity index (χ3v) is 3.66. The Morgan fingerprint density at radius 1 is 1.15 bits per heavy atom. The molecule has 1 amide bonds. The molecule has 0 radical (unpaired) electrons. The van der Waals surface area contributed by atoms with Crippen LogP contribution in [0.4, 0.5) is 0 Å². The Bertz CT molecular complexity index is 488. The maximum atomic E-state index is 11.7. The molecule has 1 aromatic rings. The van der Waals surface area contributed by atoms with Gasteiger partial charge in [0.15, 0.2) is 0 Å². The van der Waals surface area contributed by atoms with Crippen molar-refractivity contribution in [3.63, 3.8) is 0 Å². The molecular formula is C16H18NO3-. The summed E-state index contributed by atoms with van der Waals surface area (Å²) in [5.74, 6) is -0.990. The van der Waals surface area contributed by atoms with Crippen molar-refractivity contribution in [2.75, 3.05) is 13.1 Å². The molecule has 20 heavy (non-hydrogen) atoms. The number of benzene rings is 1. The van der Waals surface area contributed by atoms with Crippen molar-refractivity contribution >= 4 is 11.9 Å². The fourth-order valence-corrected chi connectivity index (χ4v) is 2.55. The maximum Gasteiger partial charge on any atom is 0.246 e. The minimum absolute atomic E-state index is 0.243. The number of aliphatic carboxylic acids is 1. The molecule has 0 spiro atoms. The Hall–Kier alpha value is -2.10. The van der Waals surface area contributed by atoms with Crippen LogP contribution in [0.1, 0.15) is 18.4 Å². The van der Waals surface area contributed by atoms with Gasteiger partial charge in [-0.05, 0) is 36.8 Å². The van der Waals surface area contributed by atoms with Gasteiger partial charge in [-0.15, -0.1) is 0 Å². The fraction of sp³-hybridized carbons (Fsp3) is 0.375. The van der Waals surface area contributed by atoms with Crippen molar-refractivity contribution in [1.82, 2.24) is 4.90 Å². The summed E-state index contributed by atoms with van der Waals surface area (Å²) in [6.45, 7) is 1.38. The lowest BCUT2D eigenvalue weighted by molar-refractivity contribution is -0.297. The molecule has 0 unspecified atom stereocenters. The molecule has 0 atom stereocenters. The third-order valence-electron chi connectivity index (χ3n) is 3.66. The molecule has 4 nitrogen and oxygen atoms in total. The summed E-state index contributed by atoms with van der Waals surface area (Å²) in [4.78, 5) is 23.7. The Kier molecular flexibility index (Phi) is 4.93. The molecule has 0 N–H and O–H groups in total. The quantitative estimate of drug-likeness (QED) is 0.761. The monoisotopic (exact) mass is 272 g/mol. The van der Waals surface area contributed by atoms with Crippen molar-refractivity contribution in [3.05, 3.63) is 48.0 Å². The maximum absolute atomic E-state index is 11.7. The zero-order valence-electron chi connectivity index (χ0n) is 11.3. The van der Waals surface area contributed by atoms with Gasteiger partial charge in [-0.2, -0.15) is 0 Å². The van der Waals surface area contributed by atoms with E-state index in [0.717, 1.165) is 31.4 Å². The molecule has 1 heterocycles. The van der Waals surface area contributed by atoms with E-state index in [0.29, 0.717) is 19.0 Å². The van der Waals surface area contributed by atoms with Crippen LogP contribution in [0, 0.1) is 5.92 Å². The lowest BCUT2D eigenvalue weighted by Crippen LogP contribution is -2.38. The largest absolute Gasteiger partial charge is 0.545 e. The highest BCUT2D eigenvalue weighted by molar-refractivity contribution is 5.93. The Labute approximate surface area is 118 Å². The minimum atomic E-state index is -1.34. The van der Waals surface area contributed by atoms with Crippen LogP contribution in [0.3, 0.4) is 0 Å². The van der Waals surface area contributed by atoms with E-state index in [-0.39, 0.29) is 5.91 Å². The summed E-state index contributed by atoms with van der Waals surface area (Å²) in [6.07, 6.45) is 4.82. The Balaban J connectivity index is 1.80. The molecule has 1 aliphatic rings. The number of rotatable bonds is 4. The number of carbonyl (C=O) groups is 2. The van der Waals surface area contributed by atoms with E-state index >= 15 is 0 Å². The van der Waals surface area contributed by atoms with Crippen molar-refractivity contribution in [2.24, 2.45) is 5.92 Å². The topological polar surface area (TPSA) is 60.4 Å². The highest BCUT2D eigenvalue weighted by Gasteiger charge is 2.21. The number of carbonyl (C=O) groups excluding carboxylic acids is 2. The summed E-state index contributed by atoms with van der Waals surface area (Å²) in [6, 6.07) is 10.3. The second-order valence-corrected chi connectivity index (χ2v) is 5.11. The van der Waals surface area contributed by atoms with Gasteiger partial charge in [-0.3, -0.25) is 4.79 Å². The zero-order valence-corrected chi connectivity index (χ0v) is 11.3. The number of amides is 1. The summed E-state index contributed by atoms with van der Waals surface area (Å²) in [7, 11) is 0. The van der Waals surface area contributed by atoms with Gasteiger partial charge in [-0.1, -0.05) is 30.3 Å². The van der Waals surface area contributed by atoms with Gasteiger partial charge in [0.05, 0.1) is 5.97 Å². The molecule has 1 fully saturated rings. The molecular weight excluding hydrogens is 254 g/mol. The summed E-state index contributed by atoms with van der Waals surface area (Å²) in [5.41, 5.74) is 1.33. The lowest BCUT2D eigenvalue weighted by atomic mass is 9.90. The number of carboxylic acid groups (broad SMARTS) is 1. The fourth-order valence-electron chi connectivity index (χ4n) is 2.55. The number of carboxylic acids is 1. The molecule has 4 heteroatoms. The van der Waals surface area contributed by atoms with E-state index in [4.69, 9.17) is 0 Å². The van der Waals surface area contributed by atoms with Gasteiger partial charge >= 0.3 is 0 Å². The van der Waals surface area contributed by atoms with Crippen LogP contribution in [0.25, 0.3) is 0 Å². The molecule has 106 valence electrons. The second kappa shape index (κ2) is 6.89. The highest BCUT2D eigenvalue weighted by Crippen LogP contribution is 2.21. The predicted molar refractivity (Wildman–Crippen MR) is 73.6 cm³/mol. The minimum Gasteiger partial charge on any atom is -0.545 e. The first-order valence-electron chi connectivity index (χ1n) is 6.87. The van der Waals surface area contributed by atoms with Crippen LogP contribution < -0.4 is 5.11 Å². The Morgan fingerprint density at radius 2 is 1.80 bits per heavy atom. The molecule has 0 aliphatic carbocycles. The normalized spacial score (nSPS) is 16.5. The smallest absolute Gasteiger partial charge is 0.246 e. The van der Waals surface area contributed by atoms with Crippen LogP contribution in [-0.4, -0.2) is 29.9 Å². The van der Waals surface area contributed by atoms with Crippen molar-refractivity contribution in [1.29, 1.82) is 0 Å². The van der Waals surface area contributed by atoms with Crippen LogP contribution >= 0.6 is 0 Å². The number of piperidine rings is 1. The Morgan fingerprint density at radius 3 is 2.40 bits per heavy atom. The van der Waals surface area contributed by atoms with E-state index < -0.39 is 5.97 Å². The van der Waals surface area contributed by atoms with E-state index in [1.165, 1.54) is 5.56 Å². The lowest BCUT2D eigenvalue weighted by Gasteiger charge is -2.31. The van der Waals surface area contributed by atoms with Crippen LogP contribution in [0.15, 0.2) is 42.5 Å². The van der Waals surface area contributed by atoms with Crippen LogP contribution in [-0.2, 0) is 16.0 Å². The van der Waals surface area contributed by atoms with E-state index in [9.17, 15) is 14.7 Å². The number of likely N-dealkylation sites (tertiary alicyclic amines) is 1. The number of hydrogen-bond donors (Lipinski definition) is 0. The number of nitrogens with zero attached hydrogens (tertiary/aromatic N) is 1. The van der Waals surface area contributed by atoms with Crippen LogP contribution in [0.5, 0.6) is 0 Å². The molecule has 1 saturated heterocycles. The van der Waals surface area contributed by atoms with Crippen LogP contribution in [0.2, 0.25) is 0 Å². The molecule has 1 aromatic carbocycles. The van der Waals surface area contributed by atoms with Gasteiger partial charge in [0.25, 0.3) is 0 Å². The summed E-state index contributed by atoms with van der Waals surface area (Å²) >= 11 is 0. The predicted octanol–water partition coefficient (Wildman–Crippen LogP) is 0.774. The van der Waals surface area contributed by atoms with Crippen molar-refractivity contribution in [2.45, 2.75) is 19.3 Å². The standard InChI is InChI=1S/C16H19NO3/c18-15(6-7-16(19)20)17-10-8-14(9-11-17)12-13-4-2-1-3-5-13/h1-7,14H,8-12H2,(H,19,20)/p-1/b7-6+. The molecule has 0 aromatic heterocycles. The first-order valence-corrected chi connectivity index (χ1v) is 6.87. The average molecular weight is 272 g/mol. The zero-order chi connectivity index (χ0) is 14.4. The van der Waals surface area contributed by atoms with Gasteiger partial charge < -0.3 is 14.8 Å². The summed E-state index contributed by atoms with van der Waals surface area (Å²) < 4.78 is 0. The second-order valence-electron chi connectivity index (χ2n) is 5.11. The van der Waals surface area contributed by atoms with E-state index in [2.05, 4.69) is 12.1 Å². The highest BCUT2D eigenvalue weighted by atomic mass is 16.4. The first kappa shape index (κ1) is 14.3. The average Bonchev–Trinajstić information content (AvgIpc) is 2.46. The molecule has 0 saturated carbocycles. The van der Waals surface area contributed by atoms with Gasteiger partial charge in [0.2, 0.25) is 5.91 Å². The third kappa shape index (κ3) is 4.23. The van der Waals surface area contributed by atoms with Crippen molar-refractivity contribution in [3.8, 4) is 0 Å².